The predicted molar refractivity (Wildman–Crippen MR) is 157 cm³/mol. The monoisotopic (exact) mass is 565 g/mol. The maximum Gasteiger partial charge on any atom is 0.293 e. The first-order chi connectivity index (χ1) is 18.7. The van der Waals surface area contributed by atoms with Crippen LogP contribution in [0.2, 0.25) is 5.02 Å². The summed E-state index contributed by atoms with van der Waals surface area (Å²) in [6.07, 6.45) is 1.70. The van der Waals surface area contributed by atoms with E-state index in [0.717, 1.165) is 39.8 Å². The molecule has 0 unspecified atom stereocenters. The summed E-state index contributed by atoms with van der Waals surface area (Å²) in [5.74, 6) is 1.89. The molecule has 1 heterocycles. The molecule has 6 nitrogen and oxygen atoms in total. The van der Waals surface area contributed by atoms with E-state index in [4.69, 9.17) is 25.8 Å². The topological polar surface area (TPSA) is 65.1 Å². The molecule has 8 heteroatoms. The fraction of sp³-hybridized carbons (Fsp3) is 0.290. The number of carbonyl (C=O) groups excluding carboxylic acids is 2. The molecule has 4 rings (SSSR count). The van der Waals surface area contributed by atoms with Gasteiger partial charge in [-0.2, -0.15) is 0 Å². The van der Waals surface area contributed by atoms with Crippen LogP contribution in [0.25, 0.3) is 6.08 Å². The van der Waals surface area contributed by atoms with E-state index in [1.165, 1.54) is 4.90 Å². The van der Waals surface area contributed by atoms with Crippen LogP contribution >= 0.6 is 23.4 Å². The van der Waals surface area contributed by atoms with E-state index in [-0.39, 0.29) is 24.3 Å². The van der Waals surface area contributed by atoms with Gasteiger partial charge in [0.2, 0.25) is 0 Å². The molecule has 1 aliphatic heterocycles. The lowest BCUT2D eigenvalue weighted by Gasteiger charge is -2.17. The van der Waals surface area contributed by atoms with Crippen LogP contribution < -0.4 is 14.2 Å². The average Bonchev–Trinajstić information content (AvgIpc) is 3.15. The number of hydrogen-bond donors (Lipinski definition) is 0. The standard InChI is InChI=1S/C31H32ClNO5S/c1-5-36-28-17-22(10-12-26(28)38-19-23-7-6-8-24(32)16-23)18-29-30(34)33(31(35)39-29)13-14-37-27-15-21(4)9-11-25(27)20(2)3/h6-12,15-18,20H,5,13-14,19H2,1-4H3/b29-18-. The zero-order valence-electron chi connectivity index (χ0n) is 22.5. The van der Waals surface area contributed by atoms with Crippen LogP contribution in [0.3, 0.4) is 0 Å². The van der Waals surface area contributed by atoms with Gasteiger partial charge in [-0.15, -0.1) is 0 Å². The van der Waals surface area contributed by atoms with E-state index in [9.17, 15) is 9.59 Å². The van der Waals surface area contributed by atoms with E-state index >= 15 is 0 Å². The van der Waals surface area contributed by atoms with Crippen LogP contribution in [0, 0.1) is 6.92 Å². The predicted octanol–water partition coefficient (Wildman–Crippen LogP) is 7.86. The summed E-state index contributed by atoms with van der Waals surface area (Å²) in [6.45, 7) is 9.29. The lowest BCUT2D eigenvalue weighted by atomic mass is 10.0. The number of ether oxygens (including phenoxy) is 3. The molecule has 0 N–H and O–H groups in total. The lowest BCUT2D eigenvalue weighted by molar-refractivity contribution is -0.123. The molecule has 0 atom stereocenters. The molecule has 0 bridgehead atoms. The van der Waals surface area contributed by atoms with Crippen LogP contribution in [0.1, 0.15) is 48.9 Å². The normalized spacial score (nSPS) is 14.4. The summed E-state index contributed by atoms with van der Waals surface area (Å²) >= 11 is 6.99. The Hall–Kier alpha value is -3.42. The highest BCUT2D eigenvalue weighted by Crippen LogP contribution is 2.35. The highest BCUT2D eigenvalue weighted by atomic mass is 35.5. The van der Waals surface area contributed by atoms with E-state index in [0.29, 0.717) is 40.6 Å². The van der Waals surface area contributed by atoms with E-state index < -0.39 is 0 Å². The van der Waals surface area contributed by atoms with Gasteiger partial charge in [0.15, 0.2) is 11.5 Å². The van der Waals surface area contributed by atoms with Gasteiger partial charge >= 0.3 is 0 Å². The quantitative estimate of drug-likeness (QED) is 0.220. The van der Waals surface area contributed by atoms with Crippen LogP contribution in [-0.4, -0.2) is 35.8 Å². The Balaban J connectivity index is 1.42. The lowest BCUT2D eigenvalue weighted by Crippen LogP contribution is -2.32. The van der Waals surface area contributed by atoms with Crippen molar-refractivity contribution in [2.75, 3.05) is 19.8 Å². The number of imide groups is 1. The van der Waals surface area contributed by atoms with E-state index in [1.807, 2.05) is 50.2 Å². The number of rotatable bonds is 11. The smallest absolute Gasteiger partial charge is 0.293 e. The molecular weight excluding hydrogens is 534 g/mol. The van der Waals surface area contributed by atoms with Crippen LogP contribution in [0.4, 0.5) is 4.79 Å². The number of hydrogen-bond acceptors (Lipinski definition) is 6. The van der Waals surface area contributed by atoms with Crippen molar-refractivity contribution in [3.05, 3.63) is 92.8 Å². The van der Waals surface area contributed by atoms with Crippen molar-refractivity contribution in [1.82, 2.24) is 4.90 Å². The molecule has 3 aromatic carbocycles. The fourth-order valence-corrected chi connectivity index (χ4v) is 5.20. The van der Waals surface area contributed by atoms with Gasteiger partial charge in [-0.3, -0.25) is 14.5 Å². The van der Waals surface area contributed by atoms with Gasteiger partial charge in [0, 0.05) is 5.02 Å². The molecule has 39 heavy (non-hydrogen) atoms. The minimum atomic E-state index is -0.332. The summed E-state index contributed by atoms with van der Waals surface area (Å²) < 4.78 is 17.8. The molecule has 1 fully saturated rings. The number of benzene rings is 3. The summed E-state index contributed by atoms with van der Waals surface area (Å²) in [7, 11) is 0. The molecule has 0 aliphatic carbocycles. The second-order valence-electron chi connectivity index (χ2n) is 9.44. The van der Waals surface area contributed by atoms with Gasteiger partial charge in [-0.25, -0.2) is 0 Å². The maximum absolute atomic E-state index is 13.1. The maximum atomic E-state index is 13.1. The molecule has 0 aromatic heterocycles. The van der Waals surface area contributed by atoms with Gasteiger partial charge in [0.05, 0.1) is 18.1 Å². The van der Waals surface area contributed by atoms with Crippen molar-refractivity contribution >= 4 is 40.6 Å². The van der Waals surface area contributed by atoms with Gasteiger partial charge in [0.25, 0.3) is 11.1 Å². The highest BCUT2D eigenvalue weighted by molar-refractivity contribution is 8.18. The second kappa shape index (κ2) is 13.1. The van der Waals surface area contributed by atoms with Crippen molar-refractivity contribution in [2.24, 2.45) is 0 Å². The van der Waals surface area contributed by atoms with Crippen LogP contribution in [0.5, 0.6) is 17.2 Å². The molecule has 1 aliphatic rings. The Morgan fingerprint density at radius 2 is 1.77 bits per heavy atom. The molecule has 0 saturated carbocycles. The van der Waals surface area contributed by atoms with Crippen molar-refractivity contribution in [3.8, 4) is 17.2 Å². The molecular formula is C31H32ClNO5S. The zero-order chi connectivity index (χ0) is 27.9. The van der Waals surface area contributed by atoms with Gasteiger partial charge < -0.3 is 14.2 Å². The SMILES string of the molecule is CCOc1cc(/C=C2\SC(=O)N(CCOc3cc(C)ccc3C(C)C)C2=O)ccc1OCc1cccc(Cl)c1. The number of halogens is 1. The molecule has 3 aromatic rings. The summed E-state index contributed by atoms with van der Waals surface area (Å²) in [5.41, 5.74) is 3.86. The first kappa shape index (κ1) is 28.6. The first-order valence-corrected chi connectivity index (χ1v) is 14.1. The van der Waals surface area contributed by atoms with Crippen molar-refractivity contribution in [2.45, 2.75) is 40.2 Å². The van der Waals surface area contributed by atoms with Gasteiger partial charge in [-0.1, -0.05) is 55.8 Å². The summed E-state index contributed by atoms with van der Waals surface area (Å²) in [6, 6.07) is 19.0. The number of nitrogens with zero attached hydrogens (tertiary/aromatic N) is 1. The number of carbonyl (C=O) groups is 2. The Labute approximate surface area is 238 Å². The number of thioether (sulfide) groups is 1. The summed E-state index contributed by atoms with van der Waals surface area (Å²) in [4.78, 5) is 27.3. The Morgan fingerprint density at radius 1 is 0.949 bits per heavy atom. The van der Waals surface area contributed by atoms with Crippen molar-refractivity contribution in [1.29, 1.82) is 0 Å². The van der Waals surface area contributed by atoms with E-state index in [2.05, 4.69) is 26.0 Å². The average molecular weight is 566 g/mol. The minimum Gasteiger partial charge on any atom is -0.491 e. The third kappa shape index (κ3) is 7.37. The third-order valence-corrected chi connectivity index (χ3v) is 7.23. The van der Waals surface area contributed by atoms with Gasteiger partial charge in [-0.05, 0) is 90.2 Å². The van der Waals surface area contributed by atoms with Crippen molar-refractivity contribution < 1.29 is 23.8 Å². The Morgan fingerprint density at radius 3 is 2.51 bits per heavy atom. The molecule has 204 valence electrons. The largest absolute Gasteiger partial charge is 0.491 e. The highest BCUT2D eigenvalue weighted by Gasteiger charge is 2.35. The molecule has 0 radical (unpaired) electrons. The number of aryl methyl sites for hydroxylation is 1. The van der Waals surface area contributed by atoms with Crippen molar-refractivity contribution in [3.63, 3.8) is 0 Å². The third-order valence-electron chi connectivity index (χ3n) is 6.09. The van der Waals surface area contributed by atoms with E-state index in [1.54, 1.807) is 18.2 Å². The van der Waals surface area contributed by atoms with Crippen LogP contribution in [0.15, 0.2) is 65.6 Å². The minimum absolute atomic E-state index is 0.175. The second-order valence-corrected chi connectivity index (χ2v) is 10.9. The van der Waals surface area contributed by atoms with Gasteiger partial charge in [0.1, 0.15) is 19.0 Å². The summed E-state index contributed by atoms with van der Waals surface area (Å²) in [5, 5.41) is 0.335. The molecule has 0 spiro atoms. The molecule has 2 amide bonds. The Bertz CT molecular complexity index is 1390. The first-order valence-electron chi connectivity index (χ1n) is 12.9. The fourth-order valence-electron chi connectivity index (χ4n) is 4.12. The molecule has 1 saturated heterocycles. The zero-order valence-corrected chi connectivity index (χ0v) is 24.1. The van der Waals surface area contributed by atoms with Crippen LogP contribution in [-0.2, 0) is 11.4 Å². The Kier molecular flexibility index (Phi) is 9.59. The number of amides is 2.